The van der Waals surface area contributed by atoms with Crippen molar-refractivity contribution in [3.05, 3.63) is 113 Å². The van der Waals surface area contributed by atoms with Crippen molar-refractivity contribution in [2.45, 2.75) is 26.2 Å². The van der Waals surface area contributed by atoms with Gasteiger partial charge in [-0.2, -0.15) is 0 Å². The molecule has 2 amide bonds. The van der Waals surface area contributed by atoms with Crippen LogP contribution in [0.2, 0.25) is 0 Å². The van der Waals surface area contributed by atoms with Gasteiger partial charge in [0.05, 0.1) is 15.7 Å². The molecule has 0 fully saturated rings. The average molecular weight is 573 g/mol. The lowest BCUT2D eigenvalue weighted by Gasteiger charge is -2.20. The quantitative estimate of drug-likeness (QED) is 0.202. The maximum atomic E-state index is 13.0. The van der Waals surface area contributed by atoms with Crippen LogP contribution in [0.4, 0.5) is 22.7 Å². The number of rotatable bonds is 8. The lowest BCUT2D eigenvalue weighted by molar-refractivity contribution is -0.118. The first-order valence-electron chi connectivity index (χ1n) is 12.2. The molecule has 0 radical (unpaired) electrons. The molecule has 0 aliphatic heterocycles. The van der Waals surface area contributed by atoms with Crippen LogP contribution in [0.3, 0.4) is 0 Å². The summed E-state index contributed by atoms with van der Waals surface area (Å²) in [7, 11) is 0. The van der Waals surface area contributed by atoms with Gasteiger partial charge in [-0.1, -0.05) is 57.2 Å². The van der Waals surface area contributed by atoms with E-state index in [2.05, 4.69) is 52.7 Å². The predicted molar refractivity (Wildman–Crippen MR) is 158 cm³/mol. The Morgan fingerprint density at radius 1 is 0.763 bits per heavy atom. The molecule has 0 aliphatic rings. The summed E-state index contributed by atoms with van der Waals surface area (Å²) in [6, 6.07) is 30.0. The third-order valence-electron chi connectivity index (χ3n) is 5.81. The summed E-state index contributed by atoms with van der Waals surface area (Å²) < 4.78 is 6.50. The molecule has 194 valence electrons. The van der Waals surface area contributed by atoms with Crippen molar-refractivity contribution in [2.75, 3.05) is 22.6 Å². The van der Waals surface area contributed by atoms with Crippen molar-refractivity contribution in [1.29, 1.82) is 0 Å². The molecule has 0 atom stereocenters. The number of para-hydroxylation sites is 2. The van der Waals surface area contributed by atoms with Crippen molar-refractivity contribution >= 4 is 50.5 Å². The fourth-order valence-corrected chi connectivity index (χ4v) is 4.22. The first-order chi connectivity index (χ1) is 18.2. The van der Waals surface area contributed by atoms with Crippen LogP contribution in [0, 0.1) is 0 Å². The van der Waals surface area contributed by atoms with E-state index in [-0.39, 0.29) is 23.8 Å². The van der Waals surface area contributed by atoms with E-state index >= 15 is 0 Å². The molecule has 38 heavy (non-hydrogen) atoms. The number of hydrogen-bond donors (Lipinski definition) is 3. The van der Waals surface area contributed by atoms with Gasteiger partial charge >= 0.3 is 0 Å². The second kappa shape index (κ2) is 12.0. The van der Waals surface area contributed by atoms with Crippen LogP contribution in [0.25, 0.3) is 0 Å². The number of ether oxygens (including phenoxy) is 1. The van der Waals surface area contributed by atoms with E-state index in [0.717, 1.165) is 21.4 Å². The smallest absolute Gasteiger partial charge is 0.262 e. The fourth-order valence-electron chi connectivity index (χ4n) is 3.73. The number of hydrogen-bond acceptors (Lipinski definition) is 4. The molecule has 0 aliphatic carbocycles. The summed E-state index contributed by atoms with van der Waals surface area (Å²) in [5, 5.41) is 8.99. The molecule has 0 spiro atoms. The summed E-state index contributed by atoms with van der Waals surface area (Å²) in [6.07, 6.45) is 0. The molecule has 7 heteroatoms. The molecule has 4 aromatic carbocycles. The summed E-state index contributed by atoms with van der Waals surface area (Å²) >= 11 is 3.53. The number of amides is 2. The number of carbonyl (C=O) groups excluding carboxylic acids is 2. The zero-order valence-corrected chi connectivity index (χ0v) is 23.1. The number of carbonyl (C=O) groups is 2. The number of halogens is 1. The van der Waals surface area contributed by atoms with Gasteiger partial charge in [0.25, 0.3) is 11.8 Å². The fraction of sp³-hybridized carbons (Fsp3) is 0.161. The highest BCUT2D eigenvalue weighted by Crippen LogP contribution is 2.31. The Morgan fingerprint density at radius 3 is 2.08 bits per heavy atom. The van der Waals surface area contributed by atoms with Crippen LogP contribution in [0.15, 0.2) is 102 Å². The van der Waals surface area contributed by atoms with E-state index in [9.17, 15) is 9.59 Å². The topological polar surface area (TPSA) is 79.5 Å². The molecular weight excluding hydrogens is 542 g/mol. The minimum absolute atomic E-state index is 0.00377. The van der Waals surface area contributed by atoms with Crippen molar-refractivity contribution in [1.82, 2.24) is 0 Å². The predicted octanol–water partition coefficient (Wildman–Crippen LogP) is 7.76. The van der Waals surface area contributed by atoms with Gasteiger partial charge in [-0.3, -0.25) is 9.59 Å². The largest absolute Gasteiger partial charge is 0.483 e. The highest BCUT2D eigenvalue weighted by molar-refractivity contribution is 9.10. The van der Waals surface area contributed by atoms with Gasteiger partial charge in [0.2, 0.25) is 0 Å². The Hall–Kier alpha value is -4.10. The highest BCUT2D eigenvalue weighted by atomic mass is 79.9. The summed E-state index contributed by atoms with van der Waals surface area (Å²) in [4.78, 5) is 25.7. The van der Waals surface area contributed by atoms with Gasteiger partial charge in [-0.25, -0.2) is 0 Å². The Kier molecular flexibility index (Phi) is 8.48. The molecule has 0 bridgehead atoms. The maximum Gasteiger partial charge on any atom is 0.262 e. The molecule has 0 saturated heterocycles. The van der Waals surface area contributed by atoms with Crippen molar-refractivity contribution < 1.29 is 14.3 Å². The van der Waals surface area contributed by atoms with Crippen LogP contribution < -0.4 is 20.7 Å². The normalized spacial score (nSPS) is 10.9. The highest BCUT2D eigenvalue weighted by Gasteiger charge is 2.17. The standard InChI is InChI=1S/C31H30BrN3O3/c1-31(2,3)21-13-18-28(26(32)19-21)38-20-29(36)35-27-12-8-7-11-25(27)30(37)34-24-16-14-23(15-17-24)33-22-9-5-4-6-10-22/h4-19,33H,20H2,1-3H3,(H,34,37)(H,35,36). The number of benzene rings is 4. The van der Waals surface area contributed by atoms with Gasteiger partial charge in [-0.15, -0.1) is 0 Å². The molecule has 0 aromatic heterocycles. The summed E-state index contributed by atoms with van der Waals surface area (Å²) in [6.45, 7) is 6.21. The minimum atomic E-state index is -0.367. The van der Waals surface area contributed by atoms with Gasteiger partial charge in [0, 0.05) is 17.1 Å². The Balaban J connectivity index is 1.36. The molecule has 6 nitrogen and oxygen atoms in total. The SMILES string of the molecule is CC(C)(C)c1ccc(OCC(=O)Nc2ccccc2C(=O)Nc2ccc(Nc3ccccc3)cc2)c(Br)c1. The van der Waals surface area contributed by atoms with E-state index in [1.807, 2.05) is 72.8 Å². The Labute approximate surface area is 231 Å². The molecule has 0 heterocycles. The minimum Gasteiger partial charge on any atom is -0.483 e. The summed E-state index contributed by atoms with van der Waals surface area (Å²) in [5.41, 5.74) is 4.44. The van der Waals surface area contributed by atoms with Crippen LogP contribution in [-0.2, 0) is 10.2 Å². The van der Waals surface area contributed by atoms with Crippen LogP contribution >= 0.6 is 15.9 Å². The Morgan fingerprint density at radius 2 is 1.39 bits per heavy atom. The average Bonchev–Trinajstić information content (AvgIpc) is 2.89. The third kappa shape index (κ3) is 7.23. The second-order valence-corrected chi connectivity index (χ2v) is 10.7. The Bertz CT molecular complexity index is 1410. The monoisotopic (exact) mass is 571 g/mol. The first kappa shape index (κ1) is 26.9. The first-order valence-corrected chi connectivity index (χ1v) is 13.0. The lowest BCUT2D eigenvalue weighted by Crippen LogP contribution is -2.23. The van der Waals surface area contributed by atoms with E-state index in [1.54, 1.807) is 24.3 Å². The number of nitrogens with one attached hydrogen (secondary N) is 3. The summed E-state index contributed by atoms with van der Waals surface area (Å²) in [5.74, 6) is -0.121. The van der Waals surface area contributed by atoms with Gasteiger partial charge in [-0.05, 0) is 87.6 Å². The van der Waals surface area contributed by atoms with Gasteiger partial charge in [0.15, 0.2) is 6.61 Å². The van der Waals surface area contributed by atoms with Crippen LogP contribution in [0.1, 0.15) is 36.7 Å². The second-order valence-electron chi connectivity index (χ2n) is 9.80. The van der Waals surface area contributed by atoms with E-state index in [1.165, 1.54) is 0 Å². The molecule has 0 unspecified atom stereocenters. The molecule has 3 N–H and O–H groups in total. The van der Waals surface area contributed by atoms with Crippen molar-refractivity contribution in [3.8, 4) is 5.75 Å². The third-order valence-corrected chi connectivity index (χ3v) is 6.43. The van der Waals surface area contributed by atoms with Crippen molar-refractivity contribution in [2.24, 2.45) is 0 Å². The van der Waals surface area contributed by atoms with Gasteiger partial charge < -0.3 is 20.7 Å². The zero-order valence-electron chi connectivity index (χ0n) is 21.5. The molecule has 4 rings (SSSR count). The van der Waals surface area contributed by atoms with Crippen LogP contribution in [0.5, 0.6) is 5.75 Å². The lowest BCUT2D eigenvalue weighted by atomic mass is 9.87. The molecule has 0 saturated carbocycles. The van der Waals surface area contributed by atoms with E-state index < -0.39 is 0 Å². The number of anilines is 4. The van der Waals surface area contributed by atoms with Crippen LogP contribution in [-0.4, -0.2) is 18.4 Å². The van der Waals surface area contributed by atoms with E-state index in [4.69, 9.17) is 4.74 Å². The van der Waals surface area contributed by atoms with E-state index in [0.29, 0.717) is 22.7 Å². The van der Waals surface area contributed by atoms with Crippen molar-refractivity contribution in [3.63, 3.8) is 0 Å². The molecular formula is C31H30BrN3O3. The van der Waals surface area contributed by atoms with Gasteiger partial charge in [0.1, 0.15) is 5.75 Å². The maximum absolute atomic E-state index is 13.0. The zero-order chi connectivity index (χ0) is 27.1. The molecule has 4 aromatic rings.